The minimum Gasteiger partial charge on any atom is -0.402 e. The topological polar surface area (TPSA) is 102 Å². The SMILES string of the molecule is N/C(=C\C=C(/N)NSc1ccccc1Cl)CCc1cnc(NC2CCCCC2)nc1. The number of nitrogens with two attached hydrogens (primary N) is 2. The molecule has 6 N–H and O–H groups in total. The lowest BCUT2D eigenvalue weighted by atomic mass is 9.96. The molecule has 6 nitrogen and oxygen atoms in total. The molecule has 160 valence electrons. The van der Waals surface area contributed by atoms with Crippen molar-refractivity contribution in [1.29, 1.82) is 0 Å². The zero-order valence-corrected chi connectivity index (χ0v) is 18.6. The summed E-state index contributed by atoms with van der Waals surface area (Å²) in [5.74, 6) is 1.22. The van der Waals surface area contributed by atoms with Gasteiger partial charge in [0.25, 0.3) is 0 Å². The summed E-state index contributed by atoms with van der Waals surface area (Å²) in [5.41, 5.74) is 13.9. The highest BCUT2D eigenvalue weighted by Gasteiger charge is 2.13. The maximum atomic E-state index is 6.13. The van der Waals surface area contributed by atoms with Gasteiger partial charge in [0.15, 0.2) is 0 Å². The van der Waals surface area contributed by atoms with Crippen LogP contribution in [-0.4, -0.2) is 16.0 Å². The molecule has 1 aliphatic carbocycles. The summed E-state index contributed by atoms with van der Waals surface area (Å²) in [6.45, 7) is 0. The van der Waals surface area contributed by atoms with Crippen molar-refractivity contribution in [2.45, 2.75) is 55.9 Å². The molecule has 1 aliphatic rings. The molecule has 1 fully saturated rings. The lowest BCUT2D eigenvalue weighted by molar-refractivity contribution is 0.461. The van der Waals surface area contributed by atoms with Gasteiger partial charge in [-0.05, 0) is 67.5 Å². The van der Waals surface area contributed by atoms with E-state index >= 15 is 0 Å². The molecular weight excluding hydrogens is 416 g/mol. The van der Waals surface area contributed by atoms with E-state index in [1.807, 2.05) is 42.7 Å². The van der Waals surface area contributed by atoms with E-state index in [1.54, 1.807) is 6.08 Å². The lowest BCUT2D eigenvalue weighted by Crippen LogP contribution is -2.23. The van der Waals surface area contributed by atoms with Gasteiger partial charge in [-0.15, -0.1) is 0 Å². The Bertz CT molecular complexity index is 862. The molecule has 1 heterocycles. The normalized spacial score (nSPS) is 15.8. The van der Waals surface area contributed by atoms with Crippen molar-refractivity contribution in [1.82, 2.24) is 14.7 Å². The highest BCUT2D eigenvalue weighted by atomic mass is 35.5. The maximum Gasteiger partial charge on any atom is 0.222 e. The fourth-order valence-electron chi connectivity index (χ4n) is 3.23. The molecule has 2 aromatic rings. The zero-order chi connectivity index (χ0) is 21.2. The Morgan fingerprint density at radius 2 is 1.83 bits per heavy atom. The molecule has 0 bridgehead atoms. The fourth-order valence-corrected chi connectivity index (χ4v) is 4.09. The molecule has 0 radical (unpaired) electrons. The van der Waals surface area contributed by atoms with Crippen LogP contribution in [0, 0.1) is 0 Å². The molecular formula is C22H29ClN6S. The summed E-state index contributed by atoms with van der Waals surface area (Å²) in [4.78, 5) is 9.81. The van der Waals surface area contributed by atoms with Gasteiger partial charge >= 0.3 is 0 Å². The van der Waals surface area contributed by atoms with Gasteiger partial charge in [0, 0.05) is 29.0 Å². The van der Waals surface area contributed by atoms with Crippen molar-refractivity contribution in [3.8, 4) is 0 Å². The Morgan fingerprint density at radius 1 is 1.10 bits per heavy atom. The van der Waals surface area contributed by atoms with Gasteiger partial charge in [-0.1, -0.05) is 43.0 Å². The Kier molecular flexibility index (Phi) is 8.71. The number of aryl methyl sites for hydroxylation is 1. The van der Waals surface area contributed by atoms with Crippen molar-refractivity contribution in [3.05, 3.63) is 70.9 Å². The molecule has 0 amide bonds. The Balaban J connectivity index is 1.42. The standard InChI is InChI=1S/C22H29ClN6S/c23-19-8-4-5-9-20(19)30-29-21(25)13-12-17(24)11-10-16-14-26-22(27-15-16)28-18-6-2-1-3-7-18/h4-5,8-9,12-15,18,29H,1-3,6-7,10-11,24-25H2,(H,26,27,28)/b17-12-,21-13+. The first-order valence-electron chi connectivity index (χ1n) is 10.3. The van der Waals surface area contributed by atoms with E-state index in [0.29, 0.717) is 29.3 Å². The van der Waals surface area contributed by atoms with Crippen LogP contribution in [0.5, 0.6) is 0 Å². The summed E-state index contributed by atoms with van der Waals surface area (Å²) in [6, 6.07) is 8.09. The van der Waals surface area contributed by atoms with E-state index in [4.69, 9.17) is 23.1 Å². The van der Waals surface area contributed by atoms with Crippen LogP contribution in [0.1, 0.15) is 44.1 Å². The minimum atomic E-state index is 0.504. The van der Waals surface area contributed by atoms with Crippen LogP contribution in [0.2, 0.25) is 5.02 Å². The van der Waals surface area contributed by atoms with Crippen LogP contribution in [-0.2, 0) is 6.42 Å². The van der Waals surface area contributed by atoms with E-state index in [-0.39, 0.29) is 0 Å². The molecule has 8 heteroatoms. The van der Waals surface area contributed by atoms with Crippen LogP contribution in [0.3, 0.4) is 0 Å². The number of rotatable bonds is 9. The van der Waals surface area contributed by atoms with E-state index in [1.165, 1.54) is 44.1 Å². The van der Waals surface area contributed by atoms with Crippen molar-refractivity contribution in [2.24, 2.45) is 11.5 Å². The highest BCUT2D eigenvalue weighted by molar-refractivity contribution is 7.97. The van der Waals surface area contributed by atoms with Crippen molar-refractivity contribution >= 4 is 29.5 Å². The summed E-state index contributed by atoms with van der Waals surface area (Å²) in [7, 11) is 0. The molecule has 0 atom stereocenters. The minimum absolute atomic E-state index is 0.504. The van der Waals surface area contributed by atoms with E-state index in [0.717, 1.165) is 22.6 Å². The monoisotopic (exact) mass is 444 g/mol. The van der Waals surface area contributed by atoms with Gasteiger partial charge in [-0.25, -0.2) is 9.97 Å². The second kappa shape index (κ2) is 11.7. The molecule has 1 saturated carbocycles. The largest absolute Gasteiger partial charge is 0.402 e. The maximum absolute atomic E-state index is 6.13. The van der Waals surface area contributed by atoms with Crippen LogP contribution >= 0.6 is 23.5 Å². The van der Waals surface area contributed by atoms with E-state index < -0.39 is 0 Å². The van der Waals surface area contributed by atoms with Gasteiger partial charge in [0.05, 0.1) is 5.02 Å². The summed E-state index contributed by atoms with van der Waals surface area (Å²) >= 11 is 7.49. The van der Waals surface area contributed by atoms with Gasteiger partial charge in [0.1, 0.15) is 5.82 Å². The van der Waals surface area contributed by atoms with Crippen LogP contribution in [0.25, 0.3) is 0 Å². The average Bonchev–Trinajstić information content (AvgIpc) is 2.77. The average molecular weight is 445 g/mol. The molecule has 0 saturated heterocycles. The third-order valence-corrected chi connectivity index (χ3v) is 6.29. The quantitative estimate of drug-likeness (QED) is 0.327. The first-order valence-corrected chi connectivity index (χ1v) is 11.5. The Labute approximate surface area is 187 Å². The van der Waals surface area contributed by atoms with E-state index in [2.05, 4.69) is 20.0 Å². The van der Waals surface area contributed by atoms with Crippen LogP contribution in [0.15, 0.2) is 65.2 Å². The predicted molar refractivity (Wildman–Crippen MR) is 126 cm³/mol. The van der Waals surface area contributed by atoms with E-state index in [9.17, 15) is 0 Å². The van der Waals surface area contributed by atoms with Crippen molar-refractivity contribution in [3.63, 3.8) is 0 Å². The van der Waals surface area contributed by atoms with Crippen LogP contribution in [0.4, 0.5) is 5.95 Å². The Morgan fingerprint density at radius 3 is 2.57 bits per heavy atom. The molecule has 1 aromatic carbocycles. The number of nitrogens with one attached hydrogen (secondary N) is 2. The number of anilines is 1. The third-order valence-electron chi connectivity index (χ3n) is 4.94. The first kappa shape index (κ1) is 22.3. The summed E-state index contributed by atoms with van der Waals surface area (Å²) in [6.07, 6.45) is 15.1. The zero-order valence-electron chi connectivity index (χ0n) is 17.0. The fraction of sp³-hybridized carbons (Fsp3) is 0.364. The lowest BCUT2D eigenvalue weighted by Gasteiger charge is -2.22. The molecule has 0 spiro atoms. The van der Waals surface area contributed by atoms with Crippen molar-refractivity contribution in [2.75, 3.05) is 5.32 Å². The number of halogens is 1. The molecule has 0 aliphatic heterocycles. The smallest absolute Gasteiger partial charge is 0.222 e. The highest BCUT2D eigenvalue weighted by Crippen LogP contribution is 2.24. The van der Waals surface area contributed by atoms with Gasteiger partial charge in [0.2, 0.25) is 5.95 Å². The summed E-state index contributed by atoms with van der Waals surface area (Å²) < 4.78 is 3.05. The number of benzene rings is 1. The molecule has 1 aromatic heterocycles. The van der Waals surface area contributed by atoms with Crippen molar-refractivity contribution < 1.29 is 0 Å². The molecule has 30 heavy (non-hydrogen) atoms. The first-order chi connectivity index (χ1) is 14.6. The van der Waals surface area contributed by atoms with Crippen LogP contribution < -0.4 is 21.5 Å². The number of aromatic nitrogens is 2. The van der Waals surface area contributed by atoms with Gasteiger partial charge < -0.3 is 21.5 Å². The number of hydrogen-bond donors (Lipinski definition) is 4. The summed E-state index contributed by atoms with van der Waals surface area (Å²) in [5, 5.41) is 4.12. The Hall–Kier alpha value is -2.38. The molecule has 3 rings (SSSR count). The number of allylic oxidation sites excluding steroid dienone is 3. The number of hydrogen-bond acceptors (Lipinski definition) is 7. The van der Waals surface area contributed by atoms with Gasteiger partial charge in [-0.2, -0.15) is 0 Å². The second-order valence-corrected chi connectivity index (χ2v) is 8.65. The number of nitrogens with zero attached hydrogens (tertiary/aromatic N) is 2. The second-order valence-electron chi connectivity index (χ2n) is 7.39. The third kappa shape index (κ3) is 7.46. The van der Waals surface area contributed by atoms with Gasteiger partial charge in [-0.3, -0.25) is 0 Å². The predicted octanol–water partition coefficient (Wildman–Crippen LogP) is 4.75. The molecule has 0 unspecified atom stereocenters.